The van der Waals surface area contributed by atoms with Crippen molar-refractivity contribution in [2.75, 3.05) is 17.2 Å². The summed E-state index contributed by atoms with van der Waals surface area (Å²) >= 11 is 0. The number of aryl methyl sites for hydroxylation is 1. The Bertz CT molecular complexity index is 695. The largest absolute Gasteiger partial charge is 0.399 e. The van der Waals surface area contributed by atoms with Gasteiger partial charge in [0.05, 0.1) is 5.69 Å². The molecule has 0 spiro atoms. The van der Waals surface area contributed by atoms with Crippen LogP contribution in [0.25, 0.3) is 11.3 Å². The molecule has 0 saturated carbocycles. The number of nitrogens with two attached hydrogens (primary N) is 1. The van der Waals surface area contributed by atoms with Crippen molar-refractivity contribution in [3.63, 3.8) is 0 Å². The van der Waals surface area contributed by atoms with Crippen LogP contribution in [0, 0.1) is 0 Å². The predicted octanol–water partition coefficient (Wildman–Crippen LogP) is 2.81. The lowest BCUT2D eigenvalue weighted by molar-refractivity contribution is 0.470. The highest BCUT2D eigenvalue weighted by Crippen LogP contribution is 2.34. The molecule has 0 bridgehead atoms. The van der Waals surface area contributed by atoms with Gasteiger partial charge in [-0.1, -0.05) is 12.1 Å². The van der Waals surface area contributed by atoms with E-state index in [2.05, 4.69) is 17.9 Å². The van der Waals surface area contributed by atoms with Gasteiger partial charge in [-0.3, -0.25) is 0 Å². The minimum absolute atomic E-state index is 0.554. The second-order valence-electron chi connectivity index (χ2n) is 6.11. The van der Waals surface area contributed by atoms with Gasteiger partial charge in [-0.2, -0.15) is 0 Å². The third-order valence-corrected chi connectivity index (χ3v) is 4.66. The summed E-state index contributed by atoms with van der Waals surface area (Å²) in [6.45, 7) is 3.30. The molecule has 21 heavy (non-hydrogen) atoms. The summed E-state index contributed by atoms with van der Waals surface area (Å²) in [5, 5.41) is 0. The zero-order valence-corrected chi connectivity index (χ0v) is 12.3. The number of aromatic nitrogens is 2. The van der Waals surface area contributed by atoms with Gasteiger partial charge in [0, 0.05) is 35.1 Å². The van der Waals surface area contributed by atoms with E-state index in [1.54, 1.807) is 0 Å². The molecule has 4 nitrogen and oxygen atoms in total. The predicted molar refractivity (Wildman–Crippen MR) is 85.3 cm³/mol. The highest BCUT2D eigenvalue weighted by molar-refractivity contribution is 5.69. The van der Waals surface area contributed by atoms with Crippen LogP contribution >= 0.6 is 0 Å². The maximum absolute atomic E-state index is 5.94. The monoisotopic (exact) mass is 280 g/mol. The molecule has 108 valence electrons. The first-order valence-electron chi connectivity index (χ1n) is 7.75. The number of anilines is 2. The van der Waals surface area contributed by atoms with Crippen molar-refractivity contribution in [3.05, 3.63) is 35.5 Å². The Labute approximate surface area is 125 Å². The zero-order valence-electron chi connectivity index (χ0n) is 12.3. The van der Waals surface area contributed by atoms with Crippen LogP contribution in [0.15, 0.2) is 24.3 Å². The fourth-order valence-corrected chi connectivity index (χ4v) is 3.29. The Balaban J connectivity index is 1.85. The summed E-state index contributed by atoms with van der Waals surface area (Å²) in [6, 6.07) is 8.59. The summed E-state index contributed by atoms with van der Waals surface area (Å²) in [5.74, 6) is 0.895. The van der Waals surface area contributed by atoms with Crippen molar-refractivity contribution < 1.29 is 0 Å². The Kier molecular flexibility index (Phi) is 2.84. The number of fused-ring (bicyclic) bond motifs is 1. The summed E-state index contributed by atoms with van der Waals surface area (Å²) in [6.07, 6.45) is 4.56. The number of rotatable bonds is 2. The van der Waals surface area contributed by atoms with Gasteiger partial charge in [0.2, 0.25) is 5.95 Å². The highest BCUT2D eigenvalue weighted by Gasteiger charge is 2.29. The van der Waals surface area contributed by atoms with E-state index in [1.165, 1.54) is 24.1 Å². The molecule has 1 aliphatic heterocycles. The Morgan fingerprint density at radius 1 is 1.24 bits per heavy atom. The van der Waals surface area contributed by atoms with Crippen molar-refractivity contribution >= 4 is 11.6 Å². The van der Waals surface area contributed by atoms with Crippen molar-refractivity contribution in [2.24, 2.45) is 0 Å². The summed E-state index contributed by atoms with van der Waals surface area (Å²) in [5.41, 5.74) is 11.5. The Hall–Kier alpha value is -2.10. The van der Waals surface area contributed by atoms with Gasteiger partial charge in [0.15, 0.2) is 0 Å². The van der Waals surface area contributed by atoms with Crippen LogP contribution in [-0.4, -0.2) is 22.6 Å². The third kappa shape index (κ3) is 2.06. The number of nitrogen functional groups attached to an aromatic ring is 1. The second-order valence-corrected chi connectivity index (χ2v) is 6.11. The van der Waals surface area contributed by atoms with E-state index in [9.17, 15) is 0 Å². The van der Waals surface area contributed by atoms with Gasteiger partial charge in [-0.05, 0) is 44.7 Å². The topological polar surface area (TPSA) is 55.0 Å². The third-order valence-electron chi connectivity index (χ3n) is 4.66. The molecule has 2 heterocycles. The minimum Gasteiger partial charge on any atom is -0.399 e. The molecule has 1 atom stereocenters. The quantitative estimate of drug-likeness (QED) is 0.859. The molecule has 1 aromatic carbocycles. The first-order valence-corrected chi connectivity index (χ1v) is 7.75. The molecule has 0 unspecified atom stereocenters. The highest BCUT2D eigenvalue weighted by atomic mass is 15.3. The lowest BCUT2D eigenvalue weighted by Gasteiger charge is -2.39. The van der Waals surface area contributed by atoms with Gasteiger partial charge in [0.25, 0.3) is 0 Å². The van der Waals surface area contributed by atoms with E-state index in [1.807, 2.05) is 18.2 Å². The number of benzene rings is 1. The van der Waals surface area contributed by atoms with E-state index in [-0.39, 0.29) is 0 Å². The van der Waals surface area contributed by atoms with Crippen molar-refractivity contribution in [3.8, 4) is 11.3 Å². The Morgan fingerprint density at radius 3 is 2.86 bits per heavy atom. The first kappa shape index (κ1) is 12.6. The van der Waals surface area contributed by atoms with E-state index in [4.69, 9.17) is 15.7 Å². The molecule has 4 rings (SSSR count). The lowest BCUT2D eigenvalue weighted by Crippen LogP contribution is -2.46. The van der Waals surface area contributed by atoms with Gasteiger partial charge in [-0.15, -0.1) is 0 Å². The number of nitrogens with zero attached hydrogens (tertiary/aromatic N) is 3. The fourth-order valence-electron chi connectivity index (χ4n) is 3.29. The minimum atomic E-state index is 0.554. The van der Waals surface area contributed by atoms with Crippen LogP contribution in [0.1, 0.15) is 31.0 Å². The zero-order chi connectivity index (χ0) is 14.4. The number of hydrogen-bond acceptors (Lipinski definition) is 4. The Morgan fingerprint density at radius 2 is 2.14 bits per heavy atom. The molecular formula is C17H20N4. The van der Waals surface area contributed by atoms with Crippen LogP contribution in [0.3, 0.4) is 0 Å². The fraction of sp³-hybridized carbons (Fsp3) is 0.412. The van der Waals surface area contributed by atoms with Crippen molar-refractivity contribution in [1.82, 2.24) is 9.97 Å². The van der Waals surface area contributed by atoms with E-state index < -0.39 is 0 Å². The molecule has 1 aliphatic carbocycles. The molecule has 1 fully saturated rings. The molecule has 4 heteroatoms. The lowest BCUT2D eigenvalue weighted by atomic mass is 10.0. The molecular weight excluding hydrogens is 260 g/mol. The SMILES string of the molecule is C[C@H]1CCN1c1nc2c(c(-c3cccc(N)c3)n1)CCC2. The molecule has 1 aromatic heterocycles. The van der Waals surface area contributed by atoms with Crippen molar-refractivity contribution in [1.29, 1.82) is 0 Å². The van der Waals surface area contributed by atoms with E-state index >= 15 is 0 Å². The average Bonchev–Trinajstić information content (AvgIpc) is 2.93. The standard InChI is InChI=1S/C17H20N4/c1-11-8-9-21(11)17-19-15-7-3-6-14(15)16(20-17)12-4-2-5-13(18)10-12/h2,4-5,10-11H,3,6-9,18H2,1H3/t11-/m0/s1. The molecule has 0 amide bonds. The normalized spacial score (nSPS) is 20.2. The molecule has 2 aromatic rings. The van der Waals surface area contributed by atoms with E-state index in [0.717, 1.165) is 42.3 Å². The van der Waals surface area contributed by atoms with Crippen molar-refractivity contribution in [2.45, 2.75) is 38.6 Å². The van der Waals surface area contributed by atoms with Gasteiger partial charge < -0.3 is 10.6 Å². The van der Waals surface area contributed by atoms with Gasteiger partial charge >= 0.3 is 0 Å². The first-order chi connectivity index (χ1) is 10.2. The van der Waals surface area contributed by atoms with Crippen LogP contribution in [0.2, 0.25) is 0 Å². The maximum atomic E-state index is 5.94. The maximum Gasteiger partial charge on any atom is 0.226 e. The van der Waals surface area contributed by atoms with Crippen LogP contribution in [0.4, 0.5) is 11.6 Å². The smallest absolute Gasteiger partial charge is 0.226 e. The average molecular weight is 280 g/mol. The second kappa shape index (κ2) is 4.72. The van der Waals surface area contributed by atoms with E-state index in [0.29, 0.717) is 6.04 Å². The number of hydrogen-bond donors (Lipinski definition) is 1. The summed E-state index contributed by atoms with van der Waals surface area (Å²) < 4.78 is 0. The van der Waals surface area contributed by atoms with Crippen LogP contribution in [0.5, 0.6) is 0 Å². The summed E-state index contributed by atoms with van der Waals surface area (Å²) in [4.78, 5) is 12.0. The van der Waals surface area contributed by atoms with Gasteiger partial charge in [-0.25, -0.2) is 9.97 Å². The van der Waals surface area contributed by atoms with Crippen LogP contribution in [-0.2, 0) is 12.8 Å². The van der Waals surface area contributed by atoms with Gasteiger partial charge in [0.1, 0.15) is 0 Å². The van der Waals surface area contributed by atoms with Crippen LogP contribution < -0.4 is 10.6 Å². The summed E-state index contributed by atoms with van der Waals surface area (Å²) in [7, 11) is 0. The molecule has 2 aliphatic rings. The molecule has 0 radical (unpaired) electrons. The molecule has 2 N–H and O–H groups in total. The molecule has 1 saturated heterocycles.